The van der Waals surface area contributed by atoms with E-state index in [1.54, 1.807) is 0 Å². The van der Waals surface area contributed by atoms with Crippen LogP contribution in [0.3, 0.4) is 0 Å². The zero-order valence-electron chi connectivity index (χ0n) is 21.2. The Kier molecular flexibility index (Phi) is 9.51. The molecule has 0 bridgehead atoms. The zero-order chi connectivity index (χ0) is 25.5. The number of hydrogen-bond donors (Lipinski definition) is 1. The number of methoxy groups -OCH3 is 1. The van der Waals surface area contributed by atoms with E-state index in [4.69, 9.17) is 9.16 Å². The van der Waals surface area contributed by atoms with Crippen molar-refractivity contribution in [3.05, 3.63) is 91.0 Å². The fraction of sp³-hybridized carbons (Fsp3) is 0.345. The summed E-state index contributed by atoms with van der Waals surface area (Å²) in [5, 5.41) is 13.6. The fourth-order valence-electron chi connectivity index (χ4n) is 4.43. The van der Waals surface area contributed by atoms with Crippen molar-refractivity contribution < 1.29 is 19.1 Å². The second-order valence-electron chi connectivity index (χ2n) is 9.82. The van der Waals surface area contributed by atoms with E-state index in [0.717, 1.165) is 4.46 Å². The Morgan fingerprint density at radius 2 is 1.34 bits per heavy atom. The molecule has 0 aliphatic carbocycles. The van der Waals surface area contributed by atoms with Gasteiger partial charge in [0.1, 0.15) is 0 Å². The number of carbonyl (C=O) groups excluding carboxylic acids is 1. The van der Waals surface area contributed by atoms with E-state index in [-0.39, 0.29) is 31.9 Å². The van der Waals surface area contributed by atoms with Crippen molar-refractivity contribution in [3.63, 3.8) is 0 Å². The quantitative estimate of drug-likeness (QED) is 0.307. The minimum atomic E-state index is -2.72. The topological polar surface area (TPSA) is 55.8 Å². The van der Waals surface area contributed by atoms with Crippen LogP contribution in [0.4, 0.5) is 0 Å². The van der Waals surface area contributed by atoms with Gasteiger partial charge in [-0.1, -0.05) is 0 Å². The first-order valence-electron chi connectivity index (χ1n) is 11.9. The van der Waals surface area contributed by atoms with Gasteiger partial charge in [-0.3, -0.25) is 0 Å². The molecule has 6 heteroatoms. The molecule has 0 radical (unpaired) electrons. The molecule has 0 aromatic heterocycles. The molecule has 0 saturated heterocycles. The molecule has 0 spiro atoms. The van der Waals surface area contributed by atoms with E-state index in [1.807, 2.05) is 49.4 Å². The van der Waals surface area contributed by atoms with Crippen LogP contribution in [0.1, 0.15) is 27.7 Å². The molecular weight excluding hydrogens is 519 g/mol. The van der Waals surface area contributed by atoms with E-state index in [1.165, 1.54) is 17.5 Å². The van der Waals surface area contributed by atoms with Crippen LogP contribution in [0.5, 0.6) is 0 Å². The summed E-state index contributed by atoms with van der Waals surface area (Å²) in [4.78, 5) is 12.1. The molecule has 3 aromatic carbocycles. The van der Waals surface area contributed by atoms with Crippen molar-refractivity contribution in [2.24, 2.45) is 5.92 Å². The number of esters is 1. The van der Waals surface area contributed by atoms with Crippen molar-refractivity contribution in [1.29, 1.82) is 0 Å². The number of aliphatic hydroxyl groups excluding tert-OH is 1. The predicted molar refractivity (Wildman–Crippen MR) is 146 cm³/mol. The molecule has 0 heterocycles. The fourth-order valence-corrected chi connectivity index (χ4v) is 11.6. The molecule has 35 heavy (non-hydrogen) atoms. The maximum absolute atomic E-state index is 12.7. The molecule has 0 fully saturated rings. The molecule has 3 atom stereocenters. The van der Waals surface area contributed by atoms with Crippen LogP contribution in [0, 0.1) is 5.92 Å². The molecule has 4 nitrogen and oxygen atoms in total. The number of aliphatic hydroxyl groups is 1. The Bertz CT molecular complexity index is 1010. The van der Waals surface area contributed by atoms with Crippen LogP contribution in [0.25, 0.3) is 0 Å². The van der Waals surface area contributed by atoms with Crippen LogP contribution >= 0.6 is 0 Å². The monoisotopic (exact) mass is 556 g/mol. The van der Waals surface area contributed by atoms with Gasteiger partial charge < -0.3 is 0 Å². The predicted octanol–water partition coefficient (Wildman–Crippen LogP) is 3.55. The Morgan fingerprint density at radius 3 is 1.77 bits per heavy atom. The van der Waals surface area contributed by atoms with Crippen LogP contribution < -0.4 is 14.8 Å². The van der Waals surface area contributed by atoms with Crippen molar-refractivity contribution in [3.8, 4) is 0 Å². The first-order chi connectivity index (χ1) is 16.7. The molecular formula is C29H36O4SeSi. The summed E-state index contributed by atoms with van der Waals surface area (Å²) < 4.78 is 13.1. The van der Waals surface area contributed by atoms with E-state index in [9.17, 15) is 9.90 Å². The summed E-state index contributed by atoms with van der Waals surface area (Å²) in [6.07, 6.45) is -0.874. The molecule has 3 rings (SSSR count). The van der Waals surface area contributed by atoms with Gasteiger partial charge in [-0.15, -0.1) is 0 Å². The molecule has 0 amide bonds. The van der Waals surface area contributed by atoms with E-state index in [0.29, 0.717) is 6.61 Å². The third-order valence-electron chi connectivity index (χ3n) is 6.31. The summed E-state index contributed by atoms with van der Waals surface area (Å²) in [5.41, 5.74) is 0. The van der Waals surface area contributed by atoms with Gasteiger partial charge >= 0.3 is 217 Å². The van der Waals surface area contributed by atoms with Crippen LogP contribution in [-0.2, 0) is 14.0 Å². The molecule has 1 N–H and O–H groups in total. The number of carbonyl (C=O) groups is 1. The van der Waals surface area contributed by atoms with Crippen molar-refractivity contribution in [1.82, 2.24) is 0 Å². The number of ether oxygens (including phenoxy) is 1. The summed E-state index contributed by atoms with van der Waals surface area (Å²) in [5.74, 6) is -0.634. The second-order valence-corrected chi connectivity index (χ2v) is 16.7. The van der Waals surface area contributed by atoms with Crippen LogP contribution in [0.15, 0.2) is 91.0 Å². The van der Waals surface area contributed by atoms with Gasteiger partial charge in [0.25, 0.3) is 0 Å². The zero-order valence-corrected chi connectivity index (χ0v) is 23.9. The average Bonchev–Trinajstić information content (AvgIpc) is 2.87. The number of rotatable bonds is 10. The molecule has 3 aromatic rings. The van der Waals surface area contributed by atoms with Gasteiger partial charge in [0.05, 0.1) is 0 Å². The number of hydrogen-bond acceptors (Lipinski definition) is 4. The minimum absolute atomic E-state index is 0.157. The standard InChI is InChI=1S/C29H36O4SeSi/c1-22(26(30)27(28(31)32-5)34-23-15-9-6-10-16-23)21-33-35(29(2,3)4,24-17-11-7-12-18-24)25-19-13-8-14-20-25/h6-20,22,26-27,30H,21H2,1-5H3/t22-,26-,27-/m0/s1. The van der Waals surface area contributed by atoms with Crippen LogP contribution in [0.2, 0.25) is 9.85 Å². The van der Waals surface area contributed by atoms with Crippen molar-refractivity contribution in [2.45, 2.75) is 43.7 Å². The van der Waals surface area contributed by atoms with E-state index < -0.39 is 19.2 Å². The maximum atomic E-state index is 12.7. The molecule has 0 aliphatic heterocycles. The van der Waals surface area contributed by atoms with Gasteiger partial charge in [0, 0.05) is 0 Å². The Morgan fingerprint density at radius 1 is 0.886 bits per heavy atom. The van der Waals surface area contributed by atoms with Gasteiger partial charge in [-0.25, -0.2) is 0 Å². The molecule has 0 aliphatic rings. The third kappa shape index (κ3) is 6.32. The van der Waals surface area contributed by atoms with Gasteiger partial charge in [-0.2, -0.15) is 0 Å². The SMILES string of the molecule is COC(=O)[C@@H]([Se]c1ccccc1)[C@@H](O)[C@@H](C)CO[Si](c1ccccc1)(c1ccccc1)C(C)(C)C. The first-order valence-corrected chi connectivity index (χ1v) is 15.7. The molecule has 0 saturated carbocycles. The third-order valence-corrected chi connectivity index (χ3v) is 14.0. The summed E-state index contributed by atoms with van der Waals surface area (Å²) in [7, 11) is -1.34. The Hall–Kier alpha value is -2.21. The summed E-state index contributed by atoms with van der Waals surface area (Å²) in [6.45, 7) is 8.99. The van der Waals surface area contributed by atoms with Gasteiger partial charge in [0.15, 0.2) is 0 Å². The first kappa shape index (κ1) is 27.4. The van der Waals surface area contributed by atoms with E-state index >= 15 is 0 Å². The summed E-state index contributed by atoms with van der Waals surface area (Å²) in [6, 6.07) is 30.7. The normalized spacial score (nSPS) is 14.7. The Balaban J connectivity index is 1.92. The Labute approximate surface area is 217 Å². The van der Waals surface area contributed by atoms with Gasteiger partial charge in [-0.05, 0) is 0 Å². The molecule has 0 unspecified atom stereocenters. The van der Waals surface area contributed by atoms with Gasteiger partial charge in [0.2, 0.25) is 0 Å². The number of benzene rings is 3. The van der Waals surface area contributed by atoms with Crippen molar-refractivity contribution >= 4 is 44.1 Å². The van der Waals surface area contributed by atoms with Crippen molar-refractivity contribution in [2.75, 3.05) is 13.7 Å². The van der Waals surface area contributed by atoms with E-state index in [2.05, 4.69) is 69.3 Å². The van der Waals surface area contributed by atoms with Crippen LogP contribution in [-0.4, -0.2) is 54.2 Å². The molecule has 186 valence electrons. The second kappa shape index (κ2) is 12.2. The summed E-state index contributed by atoms with van der Waals surface area (Å²) >= 11 is -0.264. The average molecular weight is 556 g/mol.